The summed E-state index contributed by atoms with van der Waals surface area (Å²) in [6.07, 6.45) is 0. The van der Waals surface area contributed by atoms with Crippen LogP contribution >= 0.6 is 0 Å². The lowest BCUT2D eigenvalue weighted by atomic mass is 10.0. The fourth-order valence-electron chi connectivity index (χ4n) is 1.90. The summed E-state index contributed by atoms with van der Waals surface area (Å²) in [7, 11) is 0. The second-order valence-corrected chi connectivity index (χ2v) is 5.42. The first-order valence-corrected chi connectivity index (χ1v) is 6.46. The van der Waals surface area contributed by atoms with Gasteiger partial charge in [-0.05, 0) is 51.8 Å². The van der Waals surface area contributed by atoms with Gasteiger partial charge in [-0.2, -0.15) is 0 Å². The van der Waals surface area contributed by atoms with Gasteiger partial charge in [0.2, 0.25) is 0 Å². The first-order chi connectivity index (χ1) is 8.76. The van der Waals surface area contributed by atoms with Gasteiger partial charge in [-0.25, -0.2) is 0 Å². The lowest BCUT2D eigenvalue weighted by Crippen LogP contribution is -2.56. The van der Waals surface area contributed by atoms with Crippen LogP contribution in [0.25, 0.3) is 0 Å². The van der Waals surface area contributed by atoms with E-state index in [2.05, 4.69) is 5.32 Å². The van der Waals surface area contributed by atoms with Gasteiger partial charge in [0.25, 0.3) is 0 Å². The van der Waals surface area contributed by atoms with Gasteiger partial charge in [0.15, 0.2) is 0 Å². The van der Waals surface area contributed by atoms with Crippen molar-refractivity contribution >= 4 is 5.97 Å². The average molecular weight is 265 g/mol. The number of hydrogen-bond acceptors (Lipinski definition) is 3. The second kappa shape index (κ2) is 6.06. The summed E-state index contributed by atoms with van der Waals surface area (Å²) < 4.78 is 5.70. The van der Waals surface area contributed by atoms with E-state index in [1.807, 2.05) is 45.9 Å². The van der Waals surface area contributed by atoms with Gasteiger partial charge in [0.1, 0.15) is 17.9 Å². The number of benzene rings is 1. The first kappa shape index (κ1) is 15.5. The van der Waals surface area contributed by atoms with Crippen LogP contribution in [0.1, 0.15) is 31.9 Å². The highest BCUT2D eigenvalue weighted by atomic mass is 16.5. The molecule has 0 saturated carbocycles. The molecule has 0 saturated heterocycles. The molecule has 1 rings (SSSR count). The molecule has 1 aromatic rings. The largest absolute Gasteiger partial charge is 0.491 e. The zero-order valence-electron chi connectivity index (χ0n) is 12.3. The van der Waals surface area contributed by atoms with Crippen molar-refractivity contribution in [3.63, 3.8) is 0 Å². The predicted molar refractivity (Wildman–Crippen MR) is 75.7 cm³/mol. The molecule has 2 N–H and O–H groups in total. The Labute approximate surface area is 114 Å². The van der Waals surface area contributed by atoms with Crippen LogP contribution in [-0.4, -0.2) is 29.3 Å². The van der Waals surface area contributed by atoms with Crippen LogP contribution < -0.4 is 10.1 Å². The maximum absolute atomic E-state index is 11.4. The first-order valence-electron chi connectivity index (χ1n) is 6.46. The highest BCUT2D eigenvalue weighted by Gasteiger charge is 2.34. The lowest BCUT2D eigenvalue weighted by Gasteiger charge is -2.28. The quantitative estimate of drug-likeness (QED) is 0.830. The van der Waals surface area contributed by atoms with E-state index in [1.165, 1.54) is 0 Å². The van der Waals surface area contributed by atoms with Gasteiger partial charge in [0, 0.05) is 6.04 Å². The normalized spacial score (nSPS) is 14.2. The standard InChI is InChI=1S/C15H23NO3/c1-10(2)16-15(5,14(17)18)9-19-13-8-6-7-11(3)12(13)4/h6-8,10,16H,9H2,1-5H3,(H,17,18). The number of carboxylic acid groups (broad SMARTS) is 1. The van der Waals surface area contributed by atoms with E-state index in [1.54, 1.807) is 6.92 Å². The van der Waals surface area contributed by atoms with Crippen molar-refractivity contribution in [1.29, 1.82) is 0 Å². The zero-order valence-corrected chi connectivity index (χ0v) is 12.3. The van der Waals surface area contributed by atoms with Crippen LogP contribution in [0.5, 0.6) is 5.75 Å². The van der Waals surface area contributed by atoms with Crippen molar-refractivity contribution in [1.82, 2.24) is 5.32 Å². The maximum atomic E-state index is 11.4. The Hall–Kier alpha value is -1.55. The number of hydrogen-bond donors (Lipinski definition) is 2. The van der Waals surface area contributed by atoms with E-state index >= 15 is 0 Å². The van der Waals surface area contributed by atoms with Crippen molar-refractivity contribution in [2.75, 3.05) is 6.61 Å². The van der Waals surface area contributed by atoms with E-state index in [0.717, 1.165) is 16.9 Å². The number of nitrogens with one attached hydrogen (secondary N) is 1. The third kappa shape index (κ3) is 3.96. The van der Waals surface area contributed by atoms with E-state index in [0.29, 0.717) is 0 Å². The summed E-state index contributed by atoms with van der Waals surface area (Å²) in [4.78, 5) is 11.4. The van der Waals surface area contributed by atoms with Crippen molar-refractivity contribution < 1.29 is 14.6 Å². The molecule has 19 heavy (non-hydrogen) atoms. The van der Waals surface area contributed by atoms with Gasteiger partial charge >= 0.3 is 5.97 Å². The van der Waals surface area contributed by atoms with Crippen LogP contribution in [0.4, 0.5) is 0 Å². The summed E-state index contributed by atoms with van der Waals surface area (Å²) in [6.45, 7) is 9.53. The van der Waals surface area contributed by atoms with E-state index in [9.17, 15) is 9.90 Å². The highest BCUT2D eigenvalue weighted by molar-refractivity contribution is 5.78. The Morgan fingerprint density at radius 2 is 2.05 bits per heavy atom. The minimum atomic E-state index is -1.09. The molecular formula is C15H23NO3. The monoisotopic (exact) mass is 265 g/mol. The molecule has 0 spiro atoms. The summed E-state index contributed by atoms with van der Waals surface area (Å²) in [5.74, 6) is -0.176. The van der Waals surface area contributed by atoms with Crippen molar-refractivity contribution in [2.45, 2.75) is 46.2 Å². The van der Waals surface area contributed by atoms with Gasteiger partial charge in [0.05, 0.1) is 0 Å². The Morgan fingerprint density at radius 1 is 1.42 bits per heavy atom. The summed E-state index contributed by atoms with van der Waals surface area (Å²) in [5, 5.41) is 12.4. The van der Waals surface area contributed by atoms with E-state index < -0.39 is 11.5 Å². The van der Waals surface area contributed by atoms with E-state index in [-0.39, 0.29) is 12.6 Å². The summed E-state index contributed by atoms with van der Waals surface area (Å²) >= 11 is 0. The summed E-state index contributed by atoms with van der Waals surface area (Å²) in [5.41, 5.74) is 1.08. The molecular weight excluding hydrogens is 242 g/mol. The van der Waals surface area contributed by atoms with Crippen molar-refractivity contribution in [3.05, 3.63) is 29.3 Å². The molecule has 106 valence electrons. The fourth-order valence-corrected chi connectivity index (χ4v) is 1.90. The Balaban J connectivity index is 2.82. The second-order valence-electron chi connectivity index (χ2n) is 5.42. The highest BCUT2D eigenvalue weighted by Crippen LogP contribution is 2.22. The number of ether oxygens (including phenoxy) is 1. The number of carboxylic acids is 1. The molecule has 0 heterocycles. The molecule has 1 unspecified atom stereocenters. The number of aliphatic carboxylic acids is 1. The van der Waals surface area contributed by atoms with Gasteiger partial charge in [-0.15, -0.1) is 0 Å². The average Bonchev–Trinajstić information content (AvgIpc) is 2.30. The molecule has 0 bridgehead atoms. The Morgan fingerprint density at radius 3 is 2.58 bits per heavy atom. The van der Waals surface area contributed by atoms with Gasteiger partial charge < -0.3 is 9.84 Å². The van der Waals surface area contributed by atoms with Crippen LogP contribution in [-0.2, 0) is 4.79 Å². The minimum absolute atomic E-state index is 0.0725. The van der Waals surface area contributed by atoms with Crippen LogP contribution in [0.3, 0.4) is 0 Å². The van der Waals surface area contributed by atoms with E-state index in [4.69, 9.17) is 4.74 Å². The molecule has 4 heteroatoms. The molecule has 0 radical (unpaired) electrons. The van der Waals surface area contributed by atoms with Crippen LogP contribution in [0, 0.1) is 13.8 Å². The van der Waals surface area contributed by atoms with Crippen molar-refractivity contribution in [2.24, 2.45) is 0 Å². The number of aryl methyl sites for hydroxylation is 1. The summed E-state index contributed by atoms with van der Waals surface area (Å²) in [6, 6.07) is 5.85. The van der Waals surface area contributed by atoms with Gasteiger partial charge in [-0.1, -0.05) is 12.1 Å². The number of rotatable bonds is 6. The molecule has 0 aromatic heterocycles. The third-order valence-electron chi connectivity index (χ3n) is 3.15. The third-order valence-corrected chi connectivity index (χ3v) is 3.15. The Bertz CT molecular complexity index is 457. The lowest BCUT2D eigenvalue weighted by molar-refractivity contribution is -0.145. The molecule has 1 aromatic carbocycles. The minimum Gasteiger partial charge on any atom is -0.491 e. The molecule has 0 aliphatic carbocycles. The van der Waals surface area contributed by atoms with Gasteiger partial charge in [-0.3, -0.25) is 10.1 Å². The number of carbonyl (C=O) groups is 1. The molecule has 4 nitrogen and oxygen atoms in total. The van der Waals surface area contributed by atoms with Crippen LogP contribution in [0.15, 0.2) is 18.2 Å². The fraction of sp³-hybridized carbons (Fsp3) is 0.533. The molecule has 0 aliphatic heterocycles. The topological polar surface area (TPSA) is 58.6 Å². The molecule has 0 amide bonds. The van der Waals surface area contributed by atoms with Crippen molar-refractivity contribution in [3.8, 4) is 5.75 Å². The smallest absolute Gasteiger partial charge is 0.327 e. The Kier molecular flexibility index (Phi) is 4.95. The molecule has 1 atom stereocenters. The SMILES string of the molecule is Cc1cccc(OCC(C)(NC(C)C)C(=O)O)c1C. The molecule has 0 aliphatic rings. The zero-order chi connectivity index (χ0) is 14.6. The predicted octanol–water partition coefficient (Wildman–Crippen LogP) is 2.52. The molecule has 0 fully saturated rings. The van der Waals surface area contributed by atoms with Crippen LogP contribution in [0.2, 0.25) is 0 Å². The maximum Gasteiger partial charge on any atom is 0.327 e.